The molecule has 2 aromatic carbocycles. The first-order valence-electron chi connectivity index (χ1n) is 10.7. The van der Waals surface area contributed by atoms with Crippen LogP contribution in [0.1, 0.15) is 40.3 Å². The number of carbonyl (C=O) groups is 2. The molecule has 2 N–H and O–H groups in total. The Bertz CT molecular complexity index is 1520. The maximum Gasteiger partial charge on any atom is 0.261 e. The highest BCUT2D eigenvalue weighted by Crippen LogP contribution is 2.51. The lowest BCUT2D eigenvalue weighted by atomic mass is 9.93. The third kappa shape index (κ3) is 1.85. The summed E-state index contributed by atoms with van der Waals surface area (Å²) < 4.78 is 17.0. The summed E-state index contributed by atoms with van der Waals surface area (Å²) in [5.41, 5.74) is 2.94. The van der Waals surface area contributed by atoms with Crippen LogP contribution < -0.4 is 10.6 Å². The van der Waals surface area contributed by atoms with Crippen LogP contribution in [0.4, 0.5) is 0 Å². The number of hydrogen-bond donors (Lipinski definition) is 2. The lowest BCUT2D eigenvalue weighted by molar-refractivity contribution is -0.257. The molecule has 4 aromatic rings. The summed E-state index contributed by atoms with van der Waals surface area (Å²) in [6.07, 6.45) is 1.79. The second-order valence-corrected chi connectivity index (χ2v) is 8.87. The lowest BCUT2D eigenvalue weighted by Crippen LogP contribution is -2.59. The average Bonchev–Trinajstić information content (AvgIpc) is 3.43. The average molecular weight is 431 g/mol. The van der Waals surface area contributed by atoms with Gasteiger partial charge < -0.3 is 23.9 Å². The summed E-state index contributed by atoms with van der Waals surface area (Å²) in [6, 6.07) is 7.94. The Morgan fingerprint density at radius 3 is 2.78 bits per heavy atom. The van der Waals surface area contributed by atoms with E-state index in [1.807, 2.05) is 42.8 Å². The fraction of sp³-hybridized carbons (Fsp3) is 0.348. The van der Waals surface area contributed by atoms with Crippen LogP contribution in [0, 0.1) is 0 Å². The maximum absolute atomic E-state index is 13.0. The van der Waals surface area contributed by atoms with Gasteiger partial charge in [0.15, 0.2) is 5.72 Å². The number of nitrogens with one attached hydrogen (secondary N) is 2. The molecule has 7 rings (SSSR count). The number of amides is 2. The van der Waals surface area contributed by atoms with Gasteiger partial charge in [-0.3, -0.25) is 14.9 Å². The third-order valence-corrected chi connectivity index (χ3v) is 7.41. The van der Waals surface area contributed by atoms with E-state index in [9.17, 15) is 9.59 Å². The Kier molecular flexibility index (Phi) is 3.29. The SMILES string of the molecule is CNC1CC2OC(C)(C1OC)n1c3ccccc3c3c4c(c5ncn2c5c31)C(=O)NC4=O. The number of nitrogens with zero attached hydrogens (tertiary/aromatic N) is 3. The molecule has 0 saturated carbocycles. The van der Waals surface area contributed by atoms with Crippen LogP contribution >= 0.6 is 0 Å². The van der Waals surface area contributed by atoms with Crippen molar-refractivity contribution in [3.63, 3.8) is 0 Å². The van der Waals surface area contributed by atoms with Gasteiger partial charge >= 0.3 is 0 Å². The van der Waals surface area contributed by atoms with Crippen LogP contribution in [-0.4, -0.2) is 52.2 Å². The number of para-hydroxylation sites is 1. The Balaban J connectivity index is 1.79. The number of benzene rings is 2. The predicted molar refractivity (Wildman–Crippen MR) is 117 cm³/mol. The van der Waals surface area contributed by atoms with Crippen molar-refractivity contribution in [1.29, 1.82) is 0 Å². The van der Waals surface area contributed by atoms with E-state index in [2.05, 4.69) is 20.2 Å². The molecule has 9 nitrogen and oxygen atoms in total. The second kappa shape index (κ2) is 5.74. The zero-order valence-electron chi connectivity index (χ0n) is 17.8. The summed E-state index contributed by atoms with van der Waals surface area (Å²) in [6.45, 7) is 2.04. The monoisotopic (exact) mass is 431 g/mol. The van der Waals surface area contributed by atoms with Crippen molar-refractivity contribution in [2.45, 2.75) is 37.4 Å². The first-order chi connectivity index (χ1) is 15.5. The number of hydrogen-bond acceptors (Lipinski definition) is 6. The number of fused-ring (bicyclic) bond motifs is 10. The minimum atomic E-state index is -0.869. The lowest BCUT2D eigenvalue weighted by Gasteiger charge is -2.48. The Morgan fingerprint density at radius 1 is 1.22 bits per heavy atom. The smallest absolute Gasteiger partial charge is 0.261 e. The van der Waals surface area contributed by atoms with Crippen molar-refractivity contribution in [3.05, 3.63) is 41.7 Å². The van der Waals surface area contributed by atoms with E-state index >= 15 is 0 Å². The summed E-state index contributed by atoms with van der Waals surface area (Å²) in [5, 5.41) is 7.52. The molecule has 2 amide bonds. The summed E-state index contributed by atoms with van der Waals surface area (Å²) in [4.78, 5) is 30.4. The third-order valence-electron chi connectivity index (χ3n) is 7.41. The maximum atomic E-state index is 13.0. The zero-order valence-corrected chi connectivity index (χ0v) is 17.8. The Morgan fingerprint density at radius 2 is 2.00 bits per heavy atom. The van der Waals surface area contributed by atoms with Crippen LogP contribution in [0.15, 0.2) is 30.6 Å². The van der Waals surface area contributed by atoms with Crippen molar-refractivity contribution in [2.75, 3.05) is 14.2 Å². The van der Waals surface area contributed by atoms with Crippen LogP contribution in [0.3, 0.4) is 0 Å². The molecular weight excluding hydrogens is 410 g/mol. The molecule has 3 aliphatic rings. The van der Waals surface area contributed by atoms with Gasteiger partial charge in [-0.2, -0.15) is 0 Å². The highest BCUT2D eigenvalue weighted by Gasteiger charge is 2.53. The molecule has 1 saturated heterocycles. The van der Waals surface area contributed by atoms with E-state index in [1.54, 1.807) is 13.4 Å². The molecule has 2 aromatic heterocycles. The standard InChI is InChI=1S/C23H21N5O4/c1-23-20(31-3)11(24-2)8-13(32-23)27-9-25-17-16-15(21(29)26-22(16)30)14-10-6-4-5-7-12(10)28(23)18(14)19(17)27/h4-7,9,11,13,20,24H,8H2,1-3H3,(H,26,29,30). The molecule has 0 radical (unpaired) electrons. The van der Waals surface area contributed by atoms with Gasteiger partial charge in [-0.1, -0.05) is 18.2 Å². The van der Waals surface area contributed by atoms with E-state index in [-0.39, 0.29) is 24.3 Å². The number of methoxy groups -OCH3 is 1. The van der Waals surface area contributed by atoms with E-state index < -0.39 is 11.6 Å². The summed E-state index contributed by atoms with van der Waals surface area (Å²) in [5.74, 6) is -0.796. The number of rotatable bonds is 2. The Labute approximate surface area is 182 Å². The quantitative estimate of drug-likeness (QED) is 0.472. The van der Waals surface area contributed by atoms with Gasteiger partial charge in [0.2, 0.25) is 0 Å². The topological polar surface area (TPSA) is 99.4 Å². The zero-order chi connectivity index (χ0) is 21.9. The van der Waals surface area contributed by atoms with E-state index in [0.29, 0.717) is 23.1 Å². The van der Waals surface area contributed by atoms with E-state index in [1.165, 1.54) is 0 Å². The van der Waals surface area contributed by atoms with Gasteiger partial charge in [0.1, 0.15) is 17.8 Å². The van der Waals surface area contributed by atoms with Gasteiger partial charge in [0.25, 0.3) is 11.8 Å². The molecule has 3 aliphatic heterocycles. The van der Waals surface area contributed by atoms with Gasteiger partial charge in [0.05, 0.1) is 34.0 Å². The van der Waals surface area contributed by atoms with Crippen LogP contribution in [0.25, 0.3) is 32.8 Å². The van der Waals surface area contributed by atoms with Crippen molar-refractivity contribution >= 4 is 44.7 Å². The molecule has 4 atom stereocenters. The van der Waals surface area contributed by atoms with Crippen molar-refractivity contribution in [2.24, 2.45) is 0 Å². The highest BCUT2D eigenvalue weighted by atomic mass is 16.6. The molecular formula is C23H21N5O4. The number of carbonyl (C=O) groups excluding carboxylic acids is 2. The predicted octanol–water partition coefficient (Wildman–Crippen LogP) is 2.24. The normalized spacial score (nSPS) is 28.7. The molecule has 9 heteroatoms. The van der Waals surface area contributed by atoms with Crippen molar-refractivity contribution in [3.8, 4) is 0 Å². The van der Waals surface area contributed by atoms with Crippen molar-refractivity contribution in [1.82, 2.24) is 24.8 Å². The molecule has 0 aliphatic carbocycles. The molecule has 32 heavy (non-hydrogen) atoms. The molecule has 5 heterocycles. The number of likely N-dealkylation sites (N-methyl/N-ethyl adjacent to an activating group) is 1. The minimum absolute atomic E-state index is 0.0171. The largest absolute Gasteiger partial charge is 0.375 e. The molecule has 2 bridgehead atoms. The first-order valence-corrected chi connectivity index (χ1v) is 10.7. The summed E-state index contributed by atoms with van der Waals surface area (Å²) >= 11 is 0. The number of imide groups is 1. The Hall–Kier alpha value is -3.27. The van der Waals surface area contributed by atoms with Gasteiger partial charge in [-0.05, 0) is 20.0 Å². The van der Waals surface area contributed by atoms with Crippen molar-refractivity contribution < 1.29 is 19.1 Å². The second-order valence-electron chi connectivity index (χ2n) is 8.87. The van der Waals surface area contributed by atoms with Crippen LogP contribution in [0.5, 0.6) is 0 Å². The number of aromatic nitrogens is 3. The van der Waals surface area contributed by atoms with Crippen LogP contribution in [0.2, 0.25) is 0 Å². The summed E-state index contributed by atoms with van der Waals surface area (Å²) in [7, 11) is 3.62. The minimum Gasteiger partial charge on any atom is -0.375 e. The molecule has 4 unspecified atom stereocenters. The highest BCUT2D eigenvalue weighted by molar-refractivity contribution is 6.36. The fourth-order valence-corrected chi connectivity index (χ4v) is 6.20. The van der Waals surface area contributed by atoms with Gasteiger partial charge in [-0.15, -0.1) is 0 Å². The molecule has 1 fully saturated rings. The van der Waals surface area contributed by atoms with E-state index in [4.69, 9.17) is 9.47 Å². The van der Waals surface area contributed by atoms with Gasteiger partial charge in [-0.25, -0.2) is 4.98 Å². The molecule has 162 valence electrons. The van der Waals surface area contributed by atoms with Crippen LogP contribution in [-0.2, 0) is 15.2 Å². The fourth-order valence-electron chi connectivity index (χ4n) is 6.20. The first kappa shape index (κ1) is 18.3. The van der Waals surface area contributed by atoms with Gasteiger partial charge in [0, 0.05) is 30.3 Å². The number of ether oxygens (including phenoxy) is 2. The van der Waals surface area contributed by atoms with E-state index in [0.717, 1.165) is 27.3 Å². The molecule has 0 spiro atoms. The number of imidazole rings is 1.